The molecule has 0 radical (unpaired) electrons. The van der Waals surface area contributed by atoms with E-state index in [1.807, 2.05) is 36.4 Å². The third-order valence-corrected chi connectivity index (χ3v) is 1.69. The average molecular weight is 146 g/mol. The molecule has 11 heavy (non-hydrogen) atoms. The molecule has 0 saturated heterocycles. The second kappa shape index (κ2) is 2.23. The molecule has 0 aliphatic rings. The van der Waals surface area contributed by atoms with Gasteiger partial charge < -0.3 is 0 Å². The van der Waals surface area contributed by atoms with E-state index in [0.717, 1.165) is 15.6 Å². The molecule has 0 atom stereocenters. The largest absolute Gasteiger partial charge is 0.285 e. The number of hydrogen-bond acceptors (Lipinski definition) is 1. The Hall–Kier alpha value is -1.57. The van der Waals surface area contributed by atoms with Crippen molar-refractivity contribution in [3.63, 3.8) is 0 Å². The number of benzene rings is 1. The fourth-order valence-electron chi connectivity index (χ4n) is 1.15. The van der Waals surface area contributed by atoms with Crippen molar-refractivity contribution in [2.24, 2.45) is 0 Å². The smallest absolute Gasteiger partial charge is 0.264 e. The van der Waals surface area contributed by atoms with Crippen LogP contribution in [0, 0.1) is 0 Å². The van der Waals surface area contributed by atoms with Gasteiger partial charge in [-0.2, -0.15) is 0 Å². The molecule has 0 saturated carbocycles. The lowest BCUT2D eigenvalue weighted by Gasteiger charge is -1.90. The molecule has 1 aromatic heterocycles. The van der Waals surface area contributed by atoms with Gasteiger partial charge in [0, 0.05) is 16.9 Å². The van der Waals surface area contributed by atoms with E-state index in [0.29, 0.717) is 0 Å². The van der Waals surface area contributed by atoms with E-state index < -0.39 is 0 Å². The van der Waals surface area contributed by atoms with E-state index >= 15 is 0 Å². The van der Waals surface area contributed by atoms with Crippen molar-refractivity contribution in [1.29, 1.82) is 0 Å². The molecular formula is C9H8NO+. The minimum Gasteiger partial charge on any atom is -0.285 e. The van der Waals surface area contributed by atoms with Gasteiger partial charge >= 0.3 is 0 Å². The predicted octanol–water partition coefficient (Wildman–Crippen LogP) is 1.36. The average Bonchev–Trinajstić information content (AvgIpc) is 2.06. The molecule has 2 nitrogen and oxygen atoms in total. The maximum absolute atomic E-state index is 9.29. The van der Waals surface area contributed by atoms with Crippen LogP contribution in [0.3, 0.4) is 0 Å². The lowest BCUT2D eigenvalue weighted by Crippen LogP contribution is -2.29. The highest BCUT2D eigenvalue weighted by Gasteiger charge is 2.02. The van der Waals surface area contributed by atoms with Crippen molar-refractivity contribution in [2.45, 2.75) is 0 Å². The third-order valence-electron chi connectivity index (χ3n) is 1.69. The Morgan fingerprint density at radius 3 is 2.55 bits per heavy atom. The number of para-hydroxylation sites is 1. The van der Waals surface area contributed by atoms with Crippen LogP contribution in [-0.4, -0.2) is 5.21 Å². The number of rotatable bonds is 0. The summed E-state index contributed by atoms with van der Waals surface area (Å²) < 4.78 is 1.12. The maximum atomic E-state index is 9.29. The van der Waals surface area contributed by atoms with Crippen molar-refractivity contribution < 1.29 is 9.94 Å². The summed E-state index contributed by atoms with van der Waals surface area (Å²) in [7, 11) is 0. The maximum Gasteiger partial charge on any atom is 0.264 e. The van der Waals surface area contributed by atoms with Gasteiger partial charge in [0.25, 0.3) is 5.52 Å². The summed E-state index contributed by atoms with van der Waals surface area (Å²) in [6.07, 6.45) is 1.61. The SMILES string of the molecule is O[n+]1cccc2ccccc21. The Bertz CT molecular complexity index is 379. The molecule has 0 bridgehead atoms. The summed E-state index contributed by atoms with van der Waals surface area (Å²) in [5.41, 5.74) is 0.829. The molecule has 54 valence electrons. The zero-order valence-corrected chi connectivity index (χ0v) is 5.94. The molecule has 1 aromatic carbocycles. The van der Waals surface area contributed by atoms with E-state index in [1.54, 1.807) is 6.20 Å². The van der Waals surface area contributed by atoms with Crippen LogP contribution >= 0.6 is 0 Å². The minimum absolute atomic E-state index is 0.829. The highest BCUT2D eigenvalue weighted by Crippen LogP contribution is 2.06. The van der Waals surface area contributed by atoms with Crippen LogP contribution in [-0.2, 0) is 0 Å². The molecule has 2 aromatic rings. The van der Waals surface area contributed by atoms with E-state index in [-0.39, 0.29) is 0 Å². The second-order valence-electron chi connectivity index (χ2n) is 2.41. The first-order valence-corrected chi connectivity index (χ1v) is 3.46. The molecule has 0 amide bonds. The van der Waals surface area contributed by atoms with E-state index in [4.69, 9.17) is 0 Å². The summed E-state index contributed by atoms with van der Waals surface area (Å²) in [4.78, 5) is 0. The van der Waals surface area contributed by atoms with Crippen molar-refractivity contribution in [3.8, 4) is 0 Å². The number of aromatic nitrogens is 1. The van der Waals surface area contributed by atoms with E-state index in [1.165, 1.54) is 0 Å². The fraction of sp³-hybridized carbons (Fsp3) is 0. The van der Waals surface area contributed by atoms with E-state index in [2.05, 4.69) is 0 Å². The van der Waals surface area contributed by atoms with Crippen LogP contribution in [0.4, 0.5) is 0 Å². The Labute approximate surface area is 64.3 Å². The summed E-state index contributed by atoms with van der Waals surface area (Å²) >= 11 is 0. The molecule has 1 heterocycles. The van der Waals surface area contributed by atoms with Gasteiger partial charge in [0.15, 0.2) is 0 Å². The Kier molecular flexibility index (Phi) is 1.25. The first kappa shape index (κ1) is 6.16. The summed E-state index contributed by atoms with van der Waals surface area (Å²) in [5, 5.41) is 10.3. The monoisotopic (exact) mass is 146 g/mol. The quantitative estimate of drug-likeness (QED) is 0.440. The number of fused-ring (bicyclic) bond motifs is 1. The minimum atomic E-state index is 0.829. The van der Waals surface area contributed by atoms with E-state index in [9.17, 15) is 5.21 Å². The van der Waals surface area contributed by atoms with Gasteiger partial charge in [-0.1, -0.05) is 12.1 Å². The first-order chi connectivity index (χ1) is 5.38. The number of pyridine rings is 1. The second-order valence-corrected chi connectivity index (χ2v) is 2.41. The third kappa shape index (κ3) is 0.923. The van der Waals surface area contributed by atoms with Crippen LogP contribution in [0.25, 0.3) is 10.9 Å². The van der Waals surface area contributed by atoms with Crippen LogP contribution in [0.1, 0.15) is 0 Å². The Morgan fingerprint density at radius 1 is 1.00 bits per heavy atom. The van der Waals surface area contributed by atoms with Gasteiger partial charge in [0.05, 0.1) is 5.39 Å². The summed E-state index contributed by atoms with van der Waals surface area (Å²) in [6, 6.07) is 11.4. The Balaban J connectivity index is 2.91. The molecule has 0 unspecified atom stereocenters. The van der Waals surface area contributed by atoms with Gasteiger partial charge in [0.2, 0.25) is 6.20 Å². The van der Waals surface area contributed by atoms with Gasteiger partial charge in [0.1, 0.15) is 0 Å². The van der Waals surface area contributed by atoms with Gasteiger partial charge in [-0.15, -0.1) is 0 Å². The van der Waals surface area contributed by atoms with Gasteiger partial charge in [-0.3, -0.25) is 5.21 Å². The summed E-state index contributed by atoms with van der Waals surface area (Å²) in [5.74, 6) is 0. The zero-order valence-electron chi connectivity index (χ0n) is 5.94. The normalized spacial score (nSPS) is 10.2. The molecule has 0 aliphatic carbocycles. The number of hydrogen-bond donors (Lipinski definition) is 1. The van der Waals surface area contributed by atoms with Crippen LogP contribution in [0.15, 0.2) is 42.6 Å². The Morgan fingerprint density at radius 2 is 1.73 bits per heavy atom. The molecule has 0 fully saturated rings. The van der Waals surface area contributed by atoms with Crippen LogP contribution in [0.2, 0.25) is 0 Å². The standard InChI is InChI=1S/C9H8NO/c11-10-7-3-5-8-4-1-2-6-9(8)10/h1-7,11H/q+1. The molecule has 0 spiro atoms. The van der Waals surface area contributed by atoms with Crippen molar-refractivity contribution >= 4 is 10.9 Å². The van der Waals surface area contributed by atoms with Crippen molar-refractivity contribution in [3.05, 3.63) is 42.6 Å². The number of nitrogens with zero attached hydrogens (tertiary/aromatic N) is 1. The first-order valence-electron chi connectivity index (χ1n) is 3.46. The highest BCUT2D eigenvalue weighted by atomic mass is 16.5. The molecule has 0 aliphatic heterocycles. The summed E-state index contributed by atoms with van der Waals surface area (Å²) in [6.45, 7) is 0. The van der Waals surface area contributed by atoms with Crippen molar-refractivity contribution in [1.82, 2.24) is 0 Å². The van der Waals surface area contributed by atoms with Gasteiger partial charge in [-0.25, -0.2) is 0 Å². The van der Waals surface area contributed by atoms with Crippen LogP contribution in [0.5, 0.6) is 0 Å². The zero-order chi connectivity index (χ0) is 7.68. The highest BCUT2D eigenvalue weighted by molar-refractivity contribution is 5.74. The fourth-order valence-corrected chi connectivity index (χ4v) is 1.15. The van der Waals surface area contributed by atoms with Gasteiger partial charge in [-0.05, 0) is 12.1 Å². The molecular weight excluding hydrogens is 138 g/mol. The lowest BCUT2D eigenvalue weighted by molar-refractivity contribution is -0.884. The predicted molar refractivity (Wildman–Crippen MR) is 41.3 cm³/mol. The van der Waals surface area contributed by atoms with Crippen LogP contribution < -0.4 is 4.73 Å². The molecule has 2 rings (SSSR count). The van der Waals surface area contributed by atoms with Crippen molar-refractivity contribution in [2.75, 3.05) is 0 Å². The molecule has 1 N–H and O–H groups in total. The topological polar surface area (TPSA) is 24.1 Å². The molecule has 2 heteroatoms. The lowest BCUT2D eigenvalue weighted by atomic mass is 10.2.